The number of nitrogens with two attached hydrogens (primary N) is 1. The third kappa shape index (κ3) is 2.56. The van der Waals surface area contributed by atoms with E-state index in [1.54, 1.807) is 24.3 Å². The number of rotatable bonds is 4. The largest absolute Gasteiger partial charge is 0.479 e. The number of ketones is 1. The first-order valence-corrected chi connectivity index (χ1v) is 4.24. The van der Waals surface area contributed by atoms with E-state index in [0.717, 1.165) is 0 Å². The summed E-state index contributed by atoms with van der Waals surface area (Å²) in [6, 6.07) is 6.99. The molecule has 70 valence electrons. The van der Waals surface area contributed by atoms with Crippen molar-refractivity contribution in [3.05, 3.63) is 29.8 Å². The molecule has 0 amide bonds. The van der Waals surface area contributed by atoms with E-state index in [2.05, 4.69) is 0 Å². The molecular formula is C10H13NO2. The summed E-state index contributed by atoms with van der Waals surface area (Å²) in [6.45, 7) is 1.99. The molecule has 0 heterocycles. The normalized spacial score (nSPS) is 9.69. The van der Waals surface area contributed by atoms with Crippen molar-refractivity contribution in [3.8, 4) is 5.75 Å². The van der Waals surface area contributed by atoms with Gasteiger partial charge in [-0.2, -0.15) is 0 Å². The van der Waals surface area contributed by atoms with Crippen LogP contribution in [0, 0.1) is 0 Å². The summed E-state index contributed by atoms with van der Waals surface area (Å²) in [5.74, 6) is 0.828. The van der Waals surface area contributed by atoms with E-state index in [1.165, 1.54) is 0 Å². The van der Waals surface area contributed by atoms with Crippen molar-refractivity contribution in [2.75, 3.05) is 6.73 Å². The number of carbonyl (C=O) groups excluding carboxylic acids is 1. The lowest BCUT2D eigenvalue weighted by atomic mass is 10.1. The third-order valence-corrected chi connectivity index (χ3v) is 1.75. The van der Waals surface area contributed by atoms with Crippen LogP contribution in [0.3, 0.4) is 0 Å². The second-order valence-corrected chi connectivity index (χ2v) is 2.61. The van der Waals surface area contributed by atoms with Crippen LogP contribution in [0.4, 0.5) is 0 Å². The highest BCUT2D eigenvalue weighted by molar-refractivity contribution is 5.95. The van der Waals surface area contributed by atoms with Gasteiger partial charge in [0.15, 0.2) is 5.78 Å². The fourth-order valence-electron chi connectivity index (χ4n) is 1.04. The number of ether oxygens (including phenoxy) is 1. The minimum Gasteiger partial charge on any atom is -0.479 e. The van der Waals surface area contributed by atoms with Crippen molar-refractivity contribution in [2.24, 2.45) is 5.73 Å². The van der Waals surface area contributed by atoms with Crippen LogP contribution in [0.25, 0.3) is 0 Å². The SMILES string of the molecule is CCC(=O)c1ccc(OCN)cc1. The zero-order valence-corrected chi connectivity index (χ0v) is 7.62. The average molecular weight is 179 g/mol. The Morgan fingerprint density at radius 3 is 2.46 bits per heavy atom. The maximum atomic E-state index is 11.2. The van der Waals surface area contributed by atoms with Crippen LogP contribution >= 0.6 is 0 Å². The summed E-state index contributed by atoms with van der Waals surface area (Å²) in [5, 5.41) is 0. The van der Waals surface area contributed by atoms with Gasteiger partial charge in [0, 0.05) is 12.0 Å². The fourth-order valence-corrected chi connectivity index (χ4v) is 1.04. The molecule has 0 spiro atoms. The molecular weight excluding hydrogens is 166 g/mol. The first-order chi connectivity index (χ1) is 6.27. The van der Waals surface area contributed by atoms with Crippen LogP contribution in [-0.4, -0.2) is 12.5 Å². The predicted octanol–water partition coefficient (Wildman–Crippen LogP) is 1.57. The molecule has 0 saturated heterocycles. The third-order valence-electron chi connectivity index (χ3n) is 1.75. The molecule has 3 heteroatoms. The van der Waals surface area contributed by atoms with E-state index < -0.39 is 0 Å². The van der Waals surface area contributed by atoms with E-state index in [0.29, 0.717) is 17.7 Å². The highest BCUT2D eigenvalue weighted by Gasteiger charge is 2.01. The molecule has 0 radical (unpaired) electrons. The lowest BCUT2D eigenvalue weighted by molar-refractivity contribution is 0.0988. The topological polar surface area (TPSA) is 52.3 Å². The molecule has 0 bridgehead atoms. The van der Waals surface area contributed by atoms with Gasteiger partial charge in [-0.15, -0.1) is 0 Å². The monoisotopic (exact) mass is 179 g/mol. The van der Waals surface area contributed by atoms with E-state index in [4.69, 9.17) is 10.5 Å². The van der Waals surface area contributed by atoms with Crippen LogP contribution in [0.15, 0.2) is 24.3 Å². The Morgan fingerprint density at radius 2 is 2.00 bits per heavy atom. The van der Waals surface area contributed by atoms with E-state index in [1.807, 2.05) is 6.92 Å². The molecule has 1 aromatic rings. The molecule has 0 aliphatic carbocycles. The van der Waals surface area contributed by atoms with E-state index >= 15 is 0 Å². The molecule has 0 aliphatic rings. The lowest BCUT2D eigenvalue weighted by Gasteiger charge is -2.02. The number of hydrogen-bond acceptors (Lipinski definition) is 3. The molecule has 0 aromatic heterocycles. The molecule has 0 atom stereocenters. The Bertz CT molecular complexity index is 279. The molecule has 0 aliphatic heterocycles. The molecule has 0 saturated carbocycles. The zero-order chi connectivity index (χ0) is 9.68. The van der Waals surface area contributed by atoms with Crippen LogP contribution in [0.5, 0.6) is 5.75 Å². The van der Waals surface area contributed by atoms with Gasteiger partial charge < -0.3 is 4.74 Å². The van der Waals surface area contributed by atoms with Crippen molar-refractivity contribution in [2.45, 2.75) is 13.3 Å². The quantitative estimate of drug-likeness (QED) is 0.564. The second kappa shape index (κ2) is 4.62. The molecule has 1 rings (SSSR count). The first-order valence-electron chi connectivity index (χ1n) is 4.24. The minimum atomic E-state index is 0.138. The average Bonchev–Trinajstić information content (AvgIpc) is 2.18. The van der Waals surface area contributed by atoms with E-state index in [9.17, 15) is 4.79 Å². The maximum Gasteiger partial charge on any atom is 0.162 e. The van der Waals surface area contributed by atoms with E-state index in [-0.39, 0.29) is 12.5 Å². The summed E-state index contributed by atoms with van der Waals surface area (Å²) in [6.07, 6.45) is 0.525. The maximum absolute atomic E-state index is 11.2. The number of Topliss-reactive ketones (excluding diaryl/α,β-unsaturated/α-hetero) is 1. The predicted molar refractivity (Wildman–Crippen MR) is 50.7 cm³/mol. The fraction of sp³-hybridized carbons (Fsp3) is 0.300. The van der Waals surface area contributed by atoms with Gasteiger partial charge in [-0.3, -0.25) is 10.5 Å². The van der Waals surface area contributed by atoms with Crippen molar-refractivity contribution in [3.63, 3.8) is 0 Å². The molecule has 0 unspecified atom stereocenters. The lowest BCUT2D eigenvalue weighted by Crippen LogP contribution is -2.07. The van der Waals surface area contributed by atoms with Gasteiger partial charge in [0.25, 0.3) is 0 Å². The van der Waals surface area contributed by atoms with Crippen LogP contribution in [0.1, 0.15) is 23.7 Å². The molecule has 13 heavy (non-hydrogen) atoms. The van der Waals surface area contributed by atoms with Gasteiger partial charge in [-0.1, -0.05) is 6.92 Å². The first kappa shape index (κ1) is 9.74. The van der Waals surface area contributed by atoms with Gasteiger partial charge >= 0.3 is 0 Å². The van der Waals surface area contributed by atoms with Gasteiger partial charge in [0.05, 0.1) is 0 Å². The minimum absolute atomic E-state index is 0.138. The number of hydrogen-bond donors (Lipinski definition) is 1. The summed E-state index contributed by atoms with van der Waals surface area (Å²) in [5.41, 5.74) is 5.91. The summed E-state index contributed by atoms with van der Waals surface area (Å²) in [4.78, 5) is 11.2. The van der Waals surface area contributed by atoms with Gasteiger partial charge in [-0.05, 0) is 24.3 Å². The van der Waals surface area contributed by atoms with Crippen LogP contribution < -0.4 is 10.5 Å². The highest BCUT2D eigenvalue weighted by atomic mass is 16.5. The van der Waals surface area contributed by atoms with Crippen molar-refractivity contribution in [1.29, 1.82) is 0 Å². The summed E-state index contributed by atoms with van der Waals surface area (Å²) < 4.78 is 5.04. The van der Waals surface area contributed by atoms with Gasteiger partial charge in [0.2, 0.25) is 0 Å². The zero-order valence-electron chi connectivity index (χ0n) is 7.62. The molecule has 0 fully saturated rings. The van der Waals surface area contributed by atoms with Crippen molar-refractivity contribution < 1.29 is 9.53 Å². The number of carbonyl (C=O) groups is 1. The smallest absolute Gasteiger partial charge is 0.162 e. The molecule has 1 aromatic carbocycles. The number of benzene rings is 1. The Balaban J connectivity index is 2.75. The Morgan fingerprint density at radius 1 is 1.38 bits per heavy atom. The van der Waals surface area contributed by atoms with Crippen molar-refractivity contribution >= 4 is 5.78 Å². The second-order valence-electron chi connectivity index (χ2n) is 2.61. The summed E-state index contributed by atoms with van der Waals surface area (Å²) >= 11 is 0. The van der Waals surface area contributed by atoms with Gasteiger partial charge in [-0.25, -0.2) is 0 Å². The Kier molecular flexibility index (Phi) is 3.46. The molecule has 3 nitrogen and oxygen atoms in total. The van der Waals surface area contributed by atoms with Crippen LogP contribution in [-0.2, 0) is 0 Å². The van der Waals surface area contributed by atoms with Crippen molar-refractivity contribution in [1.82, 2.24) is 0 Å². The Labute approximate surface area is 77.5 Å². The summed E-state index contributed by atoms with van der Waals surface area (Å²) in [7, 11) is 0. The van der Waals surface area contributed by atoms with Crippen LogP contribution in [0.2, 0.25) is 0 Å². The standard InChI is InChI=1S/C10H13NO2/c1-2-10(12)8-3-5-9(6-4-8)13-7-11/h3-6H,2,7,11H2,1H3. The van der Waals surface area contributed by atoms with Gasteiger partial charge in [0.1, 0.15) is 12.5 Å². The highest BCUT2D eigenvalue weighted by Crippen LogP contribution is 2.12. The Hall–Kier alpha value is -1.35. The molecule has 2 N–H and O–H groups in total.